The number of aliphatic imine (C=N–C) groups is 2. The highest BCUT2D eigenvalue weighted by Crippen LogP contribution is 2.30. The summed E-state index contributed by atoms with van der Waals surface area (Å²) < 4.78 is 75.7. The second-order valence-electron chi connectivity index (χ2n) is 5.78. The second-order valence-corrected chi connectivity index (χ2v) is 5.78. The van der Waals surface area contributed by atoms with E-state index in [1.165, 1.54) is 0 Å². The van der Waals surface area contributed by atoms with Crippen molar-refractivity contribution in [1.82, 2.24) is 15.0 Å². The Morgan fingerprint density at radius 3 is 1.70 bits per heavy atom. The normalized spacial score (nSPS) is 17.8. The number of nitrogens with zero attached hydrogens (tertiary/aromatic N) is 5. The van der Waals surface area contributed by atoms with Crippen molar-refractivity contribution in [2.45, 2.75) is 51.1 Å². The maximum Gasteiger partial charge on any atom is 0.429 e. The van der Waals surface area contributed by atoms with E-state index >= 15 is 0 Å². The van der Waals surface area contributed by atoms with Gasteiger partial charge in [-0.3, -0.25) is 0 Å². The molecule has 0 spiro atoms. The average molecular weight is 393 g/mol. The molecule has 27 heavy (non-hydrogen) atoms. The minimum Gasteiger partial charge on any atom is -0.378 e. The molecule has 1 aliphatic carbocycles. The predicted molar refractivity (Wildman–Crippen MR) is 83.2 cm³/mol. The molecule has 1 fully saturated rings. The molecule has 0 bridgehead atoms. The van der Waals surface area contributed by atoms with E-state index in [2.05, 4.69) is 36.8 Å². The summed E-state index contributed by atoms with van der Waals surface area (Å²) >= 11 is 0. The third-order valence-corrected chi connectivity index (χ3v) is 3.56. The van der Waals surface area contributed by atoms with Gasteiger partial charge in [-0.05, 0) is 39.0 Å². The number of halogens is 6. The van der Waals surface area contributed by atoms with E-state index in [0.717, 1.165) is 6.42 Å². The topological polar surface area (TPSA) is 83.6 Å². The monoisotopic (exact) mass is 393 g/mol. The smallest absolute Gasteiger partial charge is 0.378 e. The number of aliphatic hydroxyl groups is 1. The van der Waals surface area contributed by atoms with Crippen molar-refractivity contribution in [2.75, 3.05) is 0 Å². The number of rotatable bonds is 2. The first-order valence-corrected chi connectivity index (χ1v) is 7.55. The van der Waals surface area contributed by atoms with Crippen LogP contribution in [0.15, 0.2) is 9.98 Å². The molecule has 0 saturated heterocycles. The first-order chi connectivity index (χ1) is 12.3. The summed E-state index contributed by atoms with van der Waals surface area (Å²) in [7, 11) is 0. The lowest BCUT2D eigenvalue weighted by Crippen LogP contribution is -2.34. The summed E-state index contributed by atoms with van der Waals surface area (Å²) in [6.45, 7) is 1.30. The van der Waals surface area contributed by atoms with E-state index < -0.39 is 47.1 Å². The highest BCUT2D eigenvalue weighted by atomic mass is 19.4. The van der Waals surface area contributed by atoms with Crippen LogP contribution in [0.5, 0.6) is 0 Å². The molecular formula is C15H13F6N5O. The van der Waals surface area contributed by atoms with E-state index in [9.17, 15) is 31.4 Å². The standard InChI is InChI=1S/C15H13F6N5O/c1-8(14(16,17)18)22-11-24-10(4-7-13(27)5-3-6-13)25-12(26-11)23-9(2)15(19,20)21/h27H,3,5-6H2,1-2H3. The van der Waals surface area contributed by atoms with Gasteiger partial charge in [-0.2, -0.15) is 41.3 Å². The lowest BCUT2D eigenvalue weighted by Gasteiger charge is -2.30. The number of alkyl halides is 6. The van der Waals surface area contributed by atoms with Crippen LogP contribution in [0.2, 0.25) is 0 Å². The molecule has 146 valence electrons. The number of hydrogen-bond donors (Lipinski definition) is 1. The van der Waals surface area contributed by atoms with Gasteiger partial charge in [-0.1, -0.05) is 5.92 Å². The fourth-order valence-corrected chi connectivity index (χ4v) is 1.75. The van der Waals surface area contributed by atoms with Crippen LogP contribution in [-0.2, 0) is 0 Å². The fraction of sp³-hybridized carbons (Fsp3) is 0.533. The maximum atomic E-state index is 12.6. The minimum atomic E-state index is -4.77. The Labute approximate surface area is 149 Å². The van der Waals surface area contributed by atoms with Gasteiger partial charge in [-0.15, -0.1) is 0 Å². The molecule has 1 aromatic heterocycles. The van der Waals surface area contributed by atoms with Gasteiger partial charge in [0.05, 0.1) is 0 Å². The Hall–Kier alpha value is -2.55. The number of hydrogen-bond acceptors (Lipinski definition) is 6. The second kappa shape index (κ2) is 7.22. The van der Waals surface area contributed by atoms with Gasteiger partial charge in [0.15, 0.2) is 0 Å². The van der Waals surface area contributed by atoms with Crippen LogP contribution >= 0.6 is 0 Å². The van der Waals surface area contributed by atoms with Crippen LogP contribution in [0, 0.1) is 11.8 Å². The van der Waals surface area contributed by atoms with E-state index in [1.807, 2.05) is 0 Å². The Morgan fingerprint density at radius 1 is 0.926 bits per heavy atom. The molecule has 1 aliphatic rings. The van der Waals surface area contributed by atoms with Crippen LogP contribution < -0.4 is 0 Å². The zero-order chi connectivity index (χ0) is 20.5. The van der Waals surface area contributed by atoms with Crippen molar-refractivity contribution < 1.29 is 31.4 Å². The largest absolute Gasteiger partial charge is 0.429 e. The van der Waals surface area contributed by atoms with Crippen molar-refractivity contribution in [1.29, 1.82) is 0 Å². The van der Waals surface area contributed by atoms with Gasteiger partial charge in [0, 0.05) is 0 Å². The molecule has 0 aromatic carbocycles. The summed E-state index contributed by atoms with van der Waals surface area (Å²) in [6.07, 6.45) is -8.03. The van der Waals surface area contributed by atoms with Crippen molar-refractivity contribution in [3.8, 4) is 11.8 Å². The zero-order valence-corrected chi connectivity index (χ0v) is 14.1. The molecule has 12 heteroatoms. The Morgan fingerprint density at radius 2 is 1.37 bits per heavy atom. The Kier molecular flexibility index (Phi) is 5.55. The molecule has 0 amide bonds. The molecule has 1 aromatic rings. The first-order valence-electron chi connectivity index (χ1n) is 7.55. The summed E-state index contributed by atoms with van der Waals surface area (Å²) in [5, 5.41) is 9.92. The Balaban J connectivity index is 2.50. The van der Waals surface area contributed by atoms with Crippen molar-refractivity contribution in [2.24, 2.45) is 9.98 Å². The molecule has 1 heterocycles. The highest BCUT2D eigenvalue weighted by Gasteiger charge is 2.34. The van der Waals surface area contributed by atoms with Crippen molar-refractivity contribution in [3.05, 3.63) is 5.82 Å². The van der Waals surface area contributed by atoms with E-state index in [4.69, 9.17) is 0 Å². The number of aromatic nitrogens is 3. The van der Waals surface area contributed by atoms with E-state index in [1.54, 1.807) is 0 Å². The minimum absolute atomic E-state index is 0.390. The molecule has 2 rings (SSSR count). The first kappa shape index (κ1) is 20.8. The van der Waals surface area contributed by atoms with Crippen molar-refractivity contribution in [3.63, 3.8) is 0 Å². The summed E-state index contributed by atoms with van der Waals surface area (Å²) in [6, 6.07) is 0. The fourth-order valence-electron chi connectivity index (χ4n) is 1.75. The molecule has 1 saturated carbocycles. The maximum absolute atomic E-state index is 12.6. The van der Waals surface area contributed by atoms with Crippen LogP contribution in [0.3, 0.4) is 0 Å². The Bertz CT molecular complexity index is 795. The third-order valence-electron chi connectivity index (χ3n) is 3.56. The molecule has 1 N–H and O–H groups in total. The molecule has 0 aliphatic heterocycles. The van der Waals surface area contributed by atoms with Crippen molar-refractivity contribution >= 4 is 23.3 Å². The van der Waals surface area contributed by atoms with Gasteiger partial charge < -0.3 is 5.11 Å². The zero-order valence-electron chi connectivity index (χ0n) is 14.1. The van der Waals surface area contributed by atoms with Crippen LogP contribution in [0.4, 0.5) is 38.2 Å². The van der Waals surface area contributed by atoms with Gasteiger partial charge in [-0.25, -0.2) is 9.98 Å². The molecule has 6 nitrogen and oxygen atoms in total. The van der Waals surface area contributed by atoms with Crippen LogP contribution in [0.1, 0.15) is 38.9 Å². The van der Waals surface area contributed by atoms with Gasteiger partial charge in [0.25, 0.3) is 11.9 Å². The lowest BCUT2D eigenvalue weighted by atomic mass is 9.81. The van der Waals surface area contributed by atoms with E-state index in [0.29, 0.717) is 26.7 Å². The van der Waals surface area contributed by atoms with Gasteiger partial charge in [0.1, 0.15) is 17.0 Å². The third kappa shape index (κ3) is 5.72. The SMILES string of the molecule is CC(=Nc1nc(C#CC2(O)CCC2)nc(N=C(C)C(F)(F)F)n1)C(F)(F)F. The van der Waals surface area contributed by atoms with E-state index in [-0.39, 0.29) is 0 Å². The summed E-state index contributed by atoms with van der Waals surface area (Å²) in [5.74, 6) is 2.74. The van der Waals surface area contributed by atoms with Gasteiger partial charge >= 0.3 is 12.4 Å². The molecule has 0 radical (unpaired) electrons. The lowest BCUT2D eigenvalue weighted by molar-refractivity contribution is -0.0599. The molecular weight excluding hydrogens is 380 g/mol. The molecule has 0 unspecified atom stereocenters. The summed E-state index contributed by atoms with van der Waals surface area (Å²) in [5.41, 5.74) is -3.90. The highest BCUT2D eigenvalue weighted by molar-refractivity contribution is 5.89. The average Bonchev–Trinajstić information content (AvgIpc) is 2.49. The quantitative estimate of drug-likeness (QED) is 0.474. The van der Waals surface area contributed by atoms with Crippen LogP contribution in [-0.4, -0.2) is 49.4 Å². The van der Waals surface area contributed by atoms with Gasteiger partial charge in [0.2, 0.25) is 5.82 Å². The van der Waals surface area contributed by atoms with Crippen LogP contribution in [0.25, 0.3) is 0 Å². The summed E-state index contributed by atoms with van der Waals surface area (Å²) in [4.78, 5) is 16.8. The predicted octanol–water partition coefficient (Wildman–Crippen LogP) is 3.45. The molecule has 0 atom stereocenters.